The zero-order valence-corrected chi connectivity index (χ0v) is 10.9. The molecule has 4 aliphatic carbocycles. The Bertz CT molecular complexity index is 311. The minimum atomic E-state index is -0.205. The molecule has 3 heteroatoms. The third-order valence-electron chi connectivity index (χ3n) is 5.42. The highest BCUT2D eigenvalue weighted by Crippen LogP contribution is 2.58. The molecule has 0 radical (unpaired) electrons. The maximum Gasteiger partial charge on any atom is 0.131 e. The number of quaternary nitrogens is 1. The molecule has 4 fully saturated rings. The Balaban J connectivity index is 1.80. The monoisotopic (exact) mass is 237 g/mol. The van der Waals surface area contributed by atoms with Crippen molar-refractivity contribution >= 4 is 0 Å². The molecule has 4 aliphatic rings. The van der Waals surface area contributed by atoms with Crippen molar-refractivity contribution in [2.24, 2.45) is 23.7 Å². The largest absolute Gasteiger partial charge is 0.595 e. The first-order valence-electron chi connectivity index (χ1n) is 6.88. The molecule has 0 aromatic rings. The van der Waals surface area contributed by atoms with E-state index in [0.717, 1.165) is 11.8 Å². The van der Waals surface area contributed by atoms with E-state index in [4.69, 9.17) is 4.84 Å². The van der Waals surface area contributed by atoms with Gasteiger partial charge in [-0.1, -0.05) is 0 Å². The van der Waals surface area contributed by atoms with Gasteiger partial charge in [0.15, 0.2) is 0 Å². The maximum atomic E-state index is 11.8. The zero-order valence-electron chi connectivity index (χ0n) is 10.9. The fourth-order valence-electron chi connectivity index (χ4n) is 4.57. The Kier molecular flexibility index (Phi) is 2.62. The van der Waals surface area contributed by atoms with Gasteiger partial charge in [-0.25, -0.2) is 0 Å². The van der Waals surface area contributed by atoms with E-state index >= 15 is 0 Å². The molecule has 1 N–H and O–H groups in total. The first-order valence-corrected chi connectivity index (χ1v) is 6.88. The summed E-state index contributed by atoms with van der Waals surface area (Å²) in [4.78, 5) is 5.84. The molecular formula is C14H23NO2. The highest BCUT2D eigenvalue weighted by Gasteiger charge is 2.57. The minimum absolute atomic E-state index is 0.194. The van der Waals surface area contributed by atoms with Gasteiger partial charge in [0.25, 0.3) is 0 Å². The Morgan fingerprint density at radius 2 is 1.65 bits per heavy atom. The van der Waals surface area contributed by atoms with Crippen LogP contribution < -0.4 is 5.23 Å². The van der Waals surface area contributed by atoms with Crippen molar-refractivity contribution < 1.29 is 10.1 Å². The summed E-state index contributed by atoms with van der Waals surface area (Å²) in [6, 6.07) is 0. The number of hydroxylamine groups is 2. The maximum absolute atomic E-state index is 11.8. The first kappa shape index (κ1) is 11.7. The van der Waals surface area contributed by atoms with Crippen LogP contribution in [0.15, 0.2) is 12.3 Å². The zero-order chi connectivity index (χ0) is 12.2. The fourth-order valence-corrected chi connectivity index (χ4v) is 4.57. The molecule has 17 heavy (non-hydrogen) atoms. The summed E-state index contributed by atoms with van der Waals surface area (Å²) in [7, 11) is 0. The summed E-state index contributed by atoms with van der Waals surface area (Å²) >= 11 is 0. The second-order valence-corrected chi connectivity index (χ2v) is 6.66. The van der Waals surface area contributed by atoms with Crippen LogP contribution in [0.3, 0.4) is 0 Å². The van der Waals surface area contributed by atoms with Gasteiger partial charge in [-0.15, -0.1) is 0 Å². The highest BCUT2D eigenvalue weighted by molar-refractivity contribution is 5.05. The number of hydrogen-bond donors (Lipinski definition) is 1. The summed E-state index contributed by atoms with van der Waals surface area (Å²) in [5.74, 6) is 3.02. The van der Waals surface area contributed by atoms with Crippen molar-refractivity contribution in [2.45, 2.75) is 51.6 Å². The van der Waals surface area contributed by atoms with Gasteiger partial charge >= 0.3 is 0 Å². The van der Waals surface area contributed by atoms with E-state index < -0.39 is 0 Å². The summed E-state index contributed by atoms with van der Waals surface area (Å²) in [6.07, 6.45) is 6.51. The van der Waals surface area contributed by atoms with Gasteiger partial charge in [0.05, 0.1) is 0 Å². The van der Waals surface area contributed by atoms with Crippen molar-refractivity contribution in [1.82, 2.24) is 0 Å². The molecule has 3 nitrogen and oxygen atoms in total. The van der Waals surface area contributed by atoms with Crippen LogP contribution in [-0.4, -0.2) is 5.60 Å². The van der Waals surface area contributed by atoms with E-state index in [9.17, 15) is 5.21 Å². The third-order valence-corrected chi connectivity index (χ3v) is 5.42. The van der Waals surface area contributed by atoms with Crippen molar-refractivity contribution in [1.29, 1.82) is 0 Å². The molecule has 1 atom stereocenters. The van der Waals surface area contributed by atoms with Gasteiger partial charge < -0.3 is 5.21 Å². The Hall–Kier alpha value is -0.380. The van der Waals surface area contributed by atoms with Crippen LogP contribution in [0, 0.1) is 28.9 Å². The lowest BCUT2D eigenvalue weighted by Crippen LogP contribution is -3.06. The predicted octanol–water partition coefficient (Wildman–Crippen LogP) is 2.05. The summed E-state index contributed by atoms with van der Waals surface area (Å²) < 4.78 is 0. The molecule has 4 bridgehead atoms. The fraction of sp³-hybridized carbons (Fsp3) is 0.857. The lowest BCUT2D eigenvalue weighted by molar-refractivity contribution is -1.04. The molecule has 1 unspecified atom stereocenters. The van der Waals surface area contributed by atoms with Crippen molar-refractivity contribution in [3.63, 3.8) is 0 Å². The summed E-state index contributed by atoms with van der Waals surface area (Å²) in [5.41, 5.74) is 0.323. The van der Waals surface area contributed by atoms with Crippen LogP contribution in [-0.2, 0) is 4.84 Å². The van der Waals surface area contributed by atoms with Crippen LogP contribution in [0.5, 0.6) is 0 Å². The standard InChI is InChI=1S/C14H23NO2/c1-9(2)15(16)17-14(3)12-5-10-4-11(7-12)8-13(14)6-10/h10-13,15H,1,4-8H2,2-3H3. The number of allylic oxidation sites excluding steroid dienone is 1. The lowest BCUT2D eigenvalue weighted by Gasteiger charge is -2.58. The van der Waals surface area contributed by atoms with Gasteiger partial charge in [-0.2, -0.15) is 10.1 Å². The molecule has 96 valence electrons. The number of nitrogens with one attached hydrogen (secondary N) is 1. The highest BCUT2D eigenvalue weighted by atomic mass is 16.9. The normalized spacial score (nSPS) is 49.4. The molecule has 0 amide bonds. The molecule has 4 rings (SSSR count). The van der Waals surface area contributed by atoms with Gasteiger partial charge in [0.1, 0.15) is 11.3 Å². The molecule has 0 saturated heterocycles. The SMILES string of the molecule is C=C(C)[NH+]([O-])OC1(C)C2CC3CC(C2)CC1C3. The predicted molar refractivity (Wildman–Crippen MR) is 65.7 cm³/mol. The topological polar surface area (TPSA) is 36.7 Å². The second-order valence-electron chi connectivity index (χ2n) is 6.66. The van der Waals surface area contributed by atoms with Gasteiger partial charge in [-0.3, -0.25) is 0 Å². The number of hydrogen-bond acceptors (Lipinski definition) is 2. The summed E-state index contributed by atoms with van der Waals surface area (Å²) in [6.45, 7) is 7.60. The van der Waals surface area contributed by atoms with Crippen molar-refractivity contribution in [3.8, 4) is 0 Å². The van der Waals surface area contributed by atoms with E-state index in [0.29, 0.717) is 17.5 Å². The van der Waals surface area contributed by atoms with Crippen LogP contribution in [0.1, 0.15) is 46.0 Å². The van der Waals surface area contributed by atoms with Crippen LogP contribution in [0.4, 0.5) is 0 Å². The summed E-state index contributed by atoms with van der Waals surface area (Å²) in [5, 5.41) is 11.6. The van der Waals surface area contributed by atoms with E-state index in [-0.39, 0.29) is 10.8 Å². The Morgan fingerprint density at radius 1 is 1.18 bits per heavy atom. The van der Waals surface area contributed by atoms with E-state index in [1.54, 1.807) is 6.92 Å². The van der Waals surface area contributed by atoms with Crippen LogP contribution >= 0.6 is 0 Å². The quantitative estimate of drug-likeness (QED) is 0.763. The Labute approximate surface area is 103 Å². The van der Waals surface area contributed by atoms with Crippen molar-refractivity contribution in [2.75, 3.05) is 0 Å². The van der Waals surface area contributed by atoms with Gasteiger partial charge in [0.2, 0.25) is 0 Å². The van der Waals surface area contributed by atoms with Gasteiger partial charge in [0, 0.05) is 6.92 Å². The van der Waals surface area contributed by atoms with Gasteiger partial charge in [-0.05, 0) is 69.3 Å². The molecule has 0 heterocycles. The molecule has 4 saturated carbocycles. The van der Waals surface area contributed by atoms with Crippen LogP contribution in [0.2, 0.25) is 0 Å². The first-order chi connectivity index (χ1) is 7.99. The van der Waals surface area contributed by atoms with E-state index in [1.807, 2.05) is 0 Å². The lowest BCUT2D eigenvalue weighted by atomic mass is 9.50. The average molecular weight is 237 g/mol. The van der Waals surface area contributed by atoms with Crippen molar-refractivity contribution in [3.05, 3.63) is 17.5 Å². The molecular weight excluding hydrogens is 214 g/mol. The second kappa shape index (κ2) is 3.81. The average Bonchev–Trinajstić information content (AvgIpc) is 2.25. The number of rotatable bonds is 3. The van der Waals surface area contributed by atoms with E-state index in [2.05, 4.69) is 13.5 Å². The Morgan fingerprint density at radius 3 is 2.06 bits per heavy atom. The minimum Gasteiger partial charge on any atom is -0.595 e. The molecule has 0 aliphatic heterocycles. The molecule has 0 aromatic carbocycles. The molecule has 0 aromatic heterocycles. The molecule has 0 spiro atoms. The van der Waals surface area contributed by atoms with E-state index in [1.165, 1.54) is 32.1 Å². The smallest absolute Gasteiger partial charge is 0.131 e. The van der Waals surface area contributed by atoms with Crippen LogP contribution in [0.25, 0.3) is 0 Å². The third kappa shape index (κ3) is 1.76.